The third kappa shape index (κ3) is 3.41. The Balaban J connectivity index is 2.13. The Morgan fingerprint density at radius 3 is 2.65 bits per heavy atom. The first-order valence-electron chi connectivity index (χ1n) is 7.80. The molecule has 0 aromatic carbocycles. The van der Waals surface area contributed by atoms with Crippen molar-refractivity contribution in [3.05, 3.63) is 21.9 Å². The van der Waals surface area contributed by atoms with Crippen molar-refractivity contribution in [3.8, 4) is 0 Å². The molecule has 1 fully saturated rings. The highest BCUT2D eigenvalue weighted by Gasteiger charge is 2.29. The molecule has 1 aromatic rings. The highest BCUT2D eigenvalue weighted by molar-refractivity contribution is 7.12. The van der Waals surface area contributed by atoms with Gasteiger partial charge in [0.25, 0.3) is 5.91 Å². The maximum Gasteiger partial charge on any atom is 0.264 e. The van der Waals surface area contributed by atoms with Crippen LogP contribution in [0, 0.1) is 0 Å². The first-order chi connectivity index (χ1) is 9.67. The lowest BCUT2D eigenvalue weighted by Gasteiger charge is -2.36. The van der Waals surface area contributed by atoms with Crippen LogP contribution < -0.4 is 5.73 Å². The summed E-state index contributed by atoms with van der Waals surface area (Å²) in [5, 5.41) is 2.03. The Kier molecular flexibility index (Phi) is 5.61. The summed E-state index contributed by atoms with van der Waals surface area (Å²) in [6.07, 6.45) is 6.15. The minimum atomic E-state index is 0.235. The van der Waals surface area contributed by atoms with Gasteiger partial charge in [-0.2, -0.15) is 0 Å². The number of hydrogen-bond acceptors (Lipinski definition) is 3. The number of nitrogens with two attached hydrogens (primary N) is 1. The molecule has 1 aromatic heterocycles. The van der Waals surface area contributed by atoms with Crippen molar-refractivity contribution in [1.29, 1.82) is 0 Å². The largest absolute Gasteiger partial charge is 0.335 e. The molecule has 2 N–H and O–H groups in total. The van der Waals surface area contributed by atoms with E-state index in [2.05, 4.69) is 24.8 Å². The van der Waals surface area contributed by atoms with Gasteiger partial charge >= 0.3 is 0 Å². The first kappa shape index (κ1) is 15.5. The summed E-state index contributed by atoms with van der Waals surface area (Å²) >= 11 is 1.59. The normalized spacial score (nSPS) is 22.8. The van der Waals surface area contributed by atoms with E-state index < -0.39 is 0 Å². The zero-order valence-electron chi connectivity index (χ0n) is 12.6. The average molecular weight is 294 g/mol. The van der Waals surface area contributed by atoms with E-state index in [-0.39, 0.29) is 5.91 Å². The van der Waals surface area contributed by atoms with E-state index in [1.54, 1.807) is 11.3 Å². The quantitative estimate of drug-likeness (QED) is 0.904. The molecule has 0 bridgehead atoms. The van der Waals surface area contributed by atoms with Crippen molar-refractivity contribution in [2.24, 2.45) is 5.73 Å². The van der Waals surface area contributed by atoms with Crippen LogP contribution in [0.2, 0.25) is 0 Å². The molecule has 0 radical (unpaired) electrons. The van der Waals surface area contributed by atoms with Crippen molar-refractivity contribution in [1.82, 2.24) is 4.90 Å². The van der Waals surface area contributed by atoms with E-state index in [0.29, 0.717) is 12.1 Å². The SMILES string of the molecule is CCCN(C(=O)c1sccc1CC)C1CCC(N)CC1. The van der Waals surface area contributed by atoms with Crippen LogP contribution in [-0.2, 0) is 6.42 Å². The molecule has 0 atom stereocenters. The summed E-state index contributed by atoms with van der Waals surface area (Å²) < 4.78 is 0. The van der Waals surface area contributed by atoms with E-state index in [0.717, 1.165) is 49.9 Å². The molecule has 20 heavy (non-hydrogen) atoms. The van der Waals surface area contributed by atoms with Gasteiger partial charge in [0.15, 0.2) is 0 Å². The second-order valence-corrected chi connectivity index (χ2v) is 6.61. The standard InChI is InChI=1S/C16H26N2OS/c1-3-10-18(14-7-5-13(17)6-8-14)16(19)15-12(4-2)9-11-20-15/h9,11,13-14H,3-8,10,17H2,1-2H3. The van der Waals surface area contributed by atoms with Gasteiger partial charge in [-0.1, -0.05) is 13.8 Å². The summed E-state index contributed by atoms with van der Waals surface area (Å²) in [4.78, 5) is 15.9. The lowest BCUT2D eigenvalue weighted by molar-refractivity contribution is 0.0631. The first-order valence-corrected chi connectivity index (χ1v) is 8.68. The summed E-state index contributed by atoms with van der Waals surface area (Å²) in [5.74, 6) is 0.235. The minimum Gasteiger partial charge on any atom is -0.335 e. The molecule has 3 nitrogen and oxygen atoms in total. The summed E-state index contributed by atoms with van der Waals surface area (Å²) in [7, 11) is 0. The topological polar surface area (TPSA) is 46.3 Å². The van der Waals surface area contributed by atoms with Crippen LogP contribution in [-0.4, -0.2) is 29.4 Å². The van der Waals surface area contributed by atoms with Gasteiger partial charge in [0, 0.05) is 18.6 Å². The van der Waals surface area contributed by atoms with Gasteiger partial charge in [0.1, 0.15) is 0 Å². The second-order valence-electron chi connectivity index (χ2n) is 5.70. The van der Waals surface area contributed by atoms with E-state index in [4.69, 9.17) is 5.73 Å². The summed E-state index contributed by atoms with van der Waals surface area (Å²) in [5.41, 5.74) is 7.17. The van der Waals surface area contributed by atoms with Crippen LogP contribution in [0.15, 0.2) is 11.4 Å². The predicted molar refractivity (Wildman–Crippen MR) is 85.3 cm³/mol. The van der Waals surface area contributed by atoms with E-state index in [9.17, 15) is 4.79 Å². The fraction of sp³-hybridized carbons (Fsp3) is 0.688. The fourth-order valence-corrected chi connectivity index (χ4v) is 3.99. The van der Waals surface area contributed by atoms with Crippen LogP contribution in [0.4, 0.5) is 0 Å². The van der Waals surface area contributed by atoms with Crippen molar-refractivity contribution >= 4 is 17.2 Å². The number of carbonyl (C=O) groups is 1. The van der Waals surface area contributed by atoms with Crippen LogP contribution in [0.3, 0.4) is 0 Å². The molecular weight excluding hydrogens is 268 g/mol. The number of amides is 1. The smallest absolute Gasteiger partial charge is 0.264 e. The minimum absolute atomic E-state index is 0.235. The Morgan fingerprint density at radius 1 is 1.35 bits per heavy atom. The number of hydrogen-bond donors (Lipinski definition) is 1. The van der Waals surface area contributed by atoms with Gasteiger partial charge in [-0.15, -0.1) is 11.3 Å². The number of thiophene rings is 1. The van der Waals surface area contributed by atoms with Gasteiger partial charge in [-0.25, -0.2) is 0 Å². The molecule has 1 aliphatic rings. The van der Waals surface area contributed by atoms with Crippen molar-refractivity contribution < 1.29 is 4.79 Å². The molecule has 1 aliphatic carbocycles. The Morgan fingerprint density at radius 2 is 2.05 bits per heavy atom. The predicted octanol–water partition coefficient (Wildman–Crippen LogP) is 3.43. The van der Waals surface area contributed by atoms with Gasteiger partial charge in [0.05, 0.1) is 4.88 Å². The number of rotatable bonds is 5. The molecule has 0 unspecified atom stereocenters. The van der Waals surface area contributed by atoms with Crippen molar-refractivity contribution in [2.45, 2.75) is 64.5 Å². The molecule has 0 saturated heterocycles. The molecule has 2 rings (SSSR count). The van der Waals surface area contributed by atoms with Crippen molar-refractivity contribution in [3.63, 3.8) is 0 Å². The molecule has 1 heterocycles. The molecule has 1 amide bonds. The molecule has 112 valence electrons. The lowest BCUT2D eigenvalue weighted by atomic mass is 9.90. The summed E-state index contributed by atoms with van der Waals surface area (Å²) in [6.45, 7) is 5.12. The van der Waals surface area contributed by atoms with Gasteiger partial charge in [-0.3, -0.25) is 4.79 Å². The second kappa shape index (κ2) is 7.23. The Labute approximate surface area is 126 Å². The lowest BCUT2D eigenvalue weighted by Crippen LogP contribution is -2.44. The van der Waals surface area contributed by atoms with Crippen LogP contribution in [0.5, 0.6) is 0 Å². The molecule has 0 spiro atoms. The molecule has 1 saturated carbocycles. The monoisotopic (exact) mass is 294 g/mol. The van der Waals surface area contributed by atoms with Gasteiger partial charge in [-0.05, 0) is 55.5 Å². The number of carbonyl (C=O) groups excluding carboxylic acids is 1. The zero-order chi connectivity index (χ0) is 14.5. The Hall–Kier alpha value is -0.870. The molecular formula is C16H26N2OS. The highest BCUT2D eigenvalue weighted by atomic mass is 32.1. The highest BCUT2D eigenvalue weighted by Crippen LogP contribution is 2.26. The average Bonchev–Trinajstić information content (AvgIpc) is 2.93. The van der Waals surface area contributed by atoms with Crippen LogP contribution in [0.1, 0.15) is 61.2 Å². The maximum atomic E-state index is 12.9. The van der Waals surface area contributed by atoms with Crippen molar-refractivity contribution in [2.75, 3.05) is 6.54 Å². The van der Waals surface area contributed by atoms with E-state index in [1.165, 1.54) is 5.56 Å². The van der Waals surface area contributed by atoms with E-state index in [1.807, 2.05) is 5.38 Å². The summed E-state index contributed by atoms with van der Waals surface area (Å²) in [6, 6.07) is 2.80. The van der Waals surface area contributed by atoms with Crippen LogP contribution >= 0.6 is 11.3 Å². The fourth-order valence-electron chi connectivity index (χ4n) is 3.04. The van der Waals surface area contributed by atoms with Crippen LogP contribution in [0.25, 0.3) is 0 Å². The van der Waals surface area contributed by atoms with Gasteiger partial charge in [0.2, 0.25) is 0 Å². The number of nitrogens with zero attached hydrogens (tertiary/aromatic N) is 1. The maximum absolute atomic E-state index is 12.9. The molecule has 4 heteroatoms. The number of aryl methyl sites for hydroxylation is 1. The third-order valence-corrected chi connectivity index (χ3v) is 5.17. The zero-order valence-corrected chi connectivity index (χ0v) is 13.4. The van der Waals surface area contributed by atoms with E-state index >= 15 is 0 Å². The third-order valence-electron chi connectivity index (χ3n) is 4.23. The molecule has 0 aliphatic heterocycles. The van der Waals surface area contributed by atoms with Gasteiger partial charge < -0.3 is 10.6 Å². The Bertz CT molecular complexity index is 435.